The molecule has 2 heterocycles. The number of ether oxygens (including phenoxy) is 1. The zero-order chi connectivity index (χ0) is 18.7. The Morgan fingerprint density at radius 1 is 1.35 bits per heavy atom. The summed E-state index contributed by atoms with van der Waals surface area (Å²) in [4.78, 5) is 20.6. The van der Waals surface area contributed by atoms with Crippen molar-refractivity contribution in [1.29, 1.82) is 0 Å². The molecule has 0 spiro atoms. The van der Waals surface area contributed by atoms with E-state index in [-0.39, 0.29) is 17.6 Å². The van der Waals surface area contributed by atoms with Crippen LogP contribution in [0.5, 0.6) is 6.01 Å². The molecule has 0 saturated heterocycles. The lowest BCUT2D eigenvalue weighted by Gasteiger charge is -2.35. The monoisotopic (exact) mass is 371 g/mol. The van der Waals surface area contributed by atoms with Crippen LogP contribution < -0.4 is 10.1 Å². The summed E-state index contributed by atoms with van der Waals surface area (Å²) in [5.41, 5.74) is 0.499. The molecule has 2 aromatic rings. The molecular weight excluding hydrogens is 350 g/mol. The van der Waals surface area contributed by atoms with Crippen LogP contribution in [0.25, 0.3) is 0 Å². The van der Waals surface area contributed by atoms with E-state index in [0.29, 0.717) is 16.6 Å². The van der Waals surface area contributed by atoms with Crippen molar-refractivity contribution < 1.29 is 14.6 Å². The van der Waals surface area contributed by atoms with Crippen LogP contribution in [0.1, 0.15) is 48.2 Å². The van der Waals surface area contributed by atoms with E-state index in [0.717, 1.165) is 17.7 Å². The first-order valence-corrected chi connectivity index (χ1v) is 9.22. The summed E-state index contributed by atoms with van der Waals surface area (Å²) in [6.07, 6.45) is 4.87. The number of aromatic nitrogens is 2. The first-order chi connectivity index (χ1) is 12.3. The molecule has 26 heavy (non-hydrogen) atoms. The molecular formula is C19H21N3O3S. The molecule has 2 aromatic heterocycles. The van der Waals surface area contributed by atoms with E-state index in [1.165, 1.54) is 11.3 Å². The van der Waals surface area contributed by atoms with Gasteiger partial charge in [0.05, 0.1) is 10.6 Å². The van der Waals surface area contributed by atoms with E-state index in [4.69, 9.17) is 4.74 Å². The third kappa shape index (κ3) is 4.73. The average Bonchev–Trinajstić information content (AvgIpc) is 2.95. The van der Waals surface area contributed by atoms with Gasteiger partial charge in [-0.05, 0) is 32.9 Å². The van der Waals surface area contributed by atoms with Crippen LogP contribution in [0.2, 0.25) is 0 Å². The number of nitrogens with one attached hydrogen (secondary N) is 1. The maximum atomic E-state index is 11.5. The van der Waals surface area contributed by atoms with Gasteiger partial charge in [0.1, 0.15) is 11.0 Å². The van der Waals surface area contributed by atoms with Crippen LogP contribution in [0.15, 0.2) is 24.5 Å². The number of carboxylic acids is 1. The number of anilines is 1. The molecule has 7 heteroatoms. The van der Waals surface area contributed by atoms with Crippen molar-refractivity contribution >= 4 is 23.0 Å². The van der Waals surface area contributed by atoms with Gasteiger partial charge >= 0.3 is 12.0 Å². The Morgan fingerprint density at radius 2 is 2.04 bits per heavy atom. The van der Waals surface area contributed by atoms with Gasteiger partial charge in [-0.2, -0.15) is 0 Å². The minimum absolute atomic E-state index is 0.0435. The number of hydrogen-bond donors (Lipinski definition) is 2. The number of nitrogens with zero attached hydrogens (tertiary/aromatic N) is 2. The molecule has 136 valence electrons. The number of carbonyl (C=O) groups is 1. The van der Waals surface area contributed by atoms with Gasteiger partial charge in [0.15, 0.2) is 0 Å². The lowest BCUT2D eigenvalue weighted by Crippen LogP contribution is -2.42. The SMILES string of the molecule is CC(C)(C)C#Cc1cc(NC2CC(Oc3ncccn3)C2)c(C(=O)O)s1. The highest BCUT2D eigenvalue weighted by Gasteiger charge is 2.32. The topological polar surface area (TPSA) is 84.3 Å². The molecule has 0 aromatic carbocycles. The van der Waals surface area contributed by atoms with Gasteiger partial charge in [-0.3, -0.25) is 0 Å². The smallest absolute Gasteiger partial charge is 0.348 e. The number of carboxylic acid groups (broad SMARTS) is 1. The van der Waals surface area contributed by atoms with Crippen molar-refractivity contribution in [3.63, 3.8) is 0 Å². The summed E-state index contributed by atoms with van der Waals surface area (Å²) < 4.78 is 5.68. The predicted octanol–water partition coefficient (Wildman–Crippen LogP) is 3.66. The van der Waals surface area contributed by atoms with E-state index in [2.05, 4.69) is 27.1 Å². The van der Waals surface area contributed by atoms with E-state index in [1.54, 1.807) is 18.5 Å². The minimum atomic E-state index is -0.939. The van der Waals surface area contributed by atoms with Crippen LogP contribution >= 0.6 is 11.3 Å². The summed E-state index contributed by atoms with van der Waals surface area (Å²) in [6, 6.07) is 4.10. The molecule has 6 nitrogen and oxygen atoms in total. The lowest BCUT2D eigenvalue weighted by atomic mass is 9.89. The second kappa shape index (κ2) is 7.34. The van der Waals surface area contributed by atoms with E-state index < -0.39 is 5.97 Å². The summed E-state index contributed by atoms with van der Waals surface area (Å²) in [5.74, 6) is 5.28. The number of aromatic carboxylic acids is 1. The normalized spacial score (nSPS) is 19.0. The van der Waals surface area contributed by atoms with Gasteiger partial charge in [0.2, 0.25) is 0 Å². The predicted molar refractivity (Wildman–Crippen MR) is 101 cm³/mol. The van der Waals surface area contributed by atoms with Gasteiger partial charge in [-0.15, -0.1) is 11.3 Å². The van der Waals surface area contributed by atoms with Crippen LogP contribution in [-0.4, -0.2) is 33.2 Å². The van der Waals surface area contributed by atoms with Crippen LogP contribution in [-0.2, 0) is 0 Å². The van der Waals surface area contributed by atoms with Crippen molar-refractivity contribution in [3.8, 4) is 17.9 Å². The molecule has 0 bridgehead atoms. The van der Waals surface area contributed by atoms with Crippen molar-refractivity contribution in [2.45, 2.75) is 45.8 Å². The average molecular weight is 371 g/mol. The Labute approximate surface area is 156 Å². The van der Waals surface area contributed by atoms with Crippen molar-refractivity contribution in [2.75, 3.05) is 5.32 Å². The number of thiophene rings is 1. The van der Waals surface area contributed by atoms with Gasteiger partial charge in [0.25, 0.3) is 0 Å². The Balaban J connectivity index is 1.62. The Kier molecular flexibility index (Phi) is 5.14. The van der Waals surface area contributed by atoms with Crippen molar-refractivity contribution in [3.05, 3.63) is 34.3 Å². The van der Waals surface area contributed by atoms with Gasteiger partial charge < -0.3 is 15.2 Å². The first-order valence-electron chi connectivity index (χ1n) is 8.41. The summed E-state index contributed by atoms with van der Waals surface area (Å²) in [5, 5.41) is 12.7. The van der Waals surface area contributed by atoms with E-state index in [9.17, 15) is 9.90 Å². The third-order valence-corrected chi connectivity index (χ3v) is 4.79. The molecule has 0 radical (unpaired) electrons. The van der Waals surface area contributed by atoms with Crippen LogP contribution in [0.4, 0.5) is 5.69 Å². The maximum Gasteiger partial charge on any atom is 0.348 e. The largest absolute Gasteiger partial charge is 0.477 e. The van der Waals surface area contributed by atoms with Crippen molar-refractivity contribution in [1.82, 2.24) is 9.97 Å². The molecule has 2 N–H and O–H groups in total. The maximum absolute atomic E-state index is 11.5. The molecule has 1 fully saturated rings. The first kappa shape index (κ1) is 18.2. The van der Waals surface area contributed by atoms with Gasteiger partial charge in [-0.25, -0.2) is 14.8 Å². The van der Waals surface area contributed by atoms with E-state index >= 15 is 0 Å². The Bertz CT molecular complexity index is 840. The zero-order valence-corrected chi connectivity index (χ0v) is 15.8. The second-order valence-corrected chi connectivity index (χ2v) is 8.29. The van der Waals surface area contributed by atoms with Crippen molar-refractivity contribution in [2.24, 2.45) is 5.41 Å². The second-order valence-electron chi connectivity index (χ2n) is 7.24. The highest BCUT2D eigenvalue weighted by Crippen LogP contribution is 2.32. The third-order valence-electron chi connectivity index (χ3n) is 3.76. The number of rotatable bonds is 5. The molecule has 3 rings (SSSR count). The molecule has 1 aliphatic carbocycles. The molecule has 1 saturated carbocycles. The summed E-state index contributed by atoms with van der Waals surface area (Å²) in [6.45, 7) is 6.07. The molecule has 0 unspecified atom stereocenters. The number of hydrogen-bond acceptors (Lipinski definition) is 6. The lowest BCUT2D eigenvalue weighted by molar-refractivity contribution is 0.0703. The molecule has 1 aliphatic rings. The van der Waals surface area contributed by atoms with Gasteiger partial charge in [0, 0.05) is 36.7 Å². The van der Waals surface area contributed by atoms with Crippen LogP contribution in [0, 0.1) is 17.3 Å². The minimum Gasteiger partial charge on any atom is -0.477 e. The fourth-order valence-corrected chi connectivity index (χ4v) is 3.28. The zero-order valence-electron chi connectivity index (χ0n) is 14.9. The summed E-state index contributed by atoms with van der Waals surface area (Å²) >= 11 is 1.20. The molecule has 0 aliphatic heterocycles. The van der Waals surface area contributed by atoms with E-state index in [1.807, 2.05) is 26.8 Å². The molecule has 0 amide bonds. The highest BCUT2D eigenvalue weighted by atomic mass is 32.1. The fourth-order valence-electron chi connectivity index (χ4n) is 2.46. The molecule has 0 atom stereocenters. The standard InChI is InChI=1S/C19H21N3O3S/c1-19(2,3)6-5-14-11-15(16(26-14)17(23)24)22-12-9-13(10-12)25-18-20-7-4-8-21-18/h4,7-8,11-13,22H,9-10H2,1-3H3,(H,23,24). The van der Waals surface area contributed by atoms with Crippen LogP contribution in [0.3, 0.4) is 0 Å². The van der Waals surface area contributed by atoms with Gasteiger partial charge in [-0.1, -0.05) is 11.8 Å². The Morgan fingerprint density at radius 3 is 2.65 bits per heavy atom. The quantitative estimate of drug-likeness (QED) is 0.781. The highest BCUT2D eigenvalue weighted by molar-refractivity contribution is 7.15. The fraction of sp³-hybridized carbons (Fsp3) is 0.421. The Hall–Kier alpha value is -2.59. The summed E-state index contributed by atoms with van der Waals surface area (Å²) in [7, 11) is 0.